The molecular formula is C19H24N2O3. The summed E-state index contributed by atoms with van der Waals surface area (Å²) in [6, 6.07) is 7.91. The summed E-state index contributed by atoms with van der Waals surface area (Å²) in [6.07, 6.45) is 3.41. The first-order valence-corrected chi connectivity index (χ1v) is 8.93. The molecule has 0 aromatic heterocycles. The summed E-state index contributed by atoms with van der Waals surface area (Å²) in [5.41, 5.74) is 1.87. The van der Waals surface area contributed by atoms with Gasteiger partial charge in [-0.2, -0.15) is 0 Å². The zero-order valence-electron chi connectivity index (χ0n) is 14.0. The molecule has 0 bridgehead atoms. The maximum Gasteiger partial charge on any atom is 0.159 e. The van der Waals surface area contributed by atoms with E-state index in [1.165, 1.54) is 0 Å². The first kappa shape index (κ1) is 15.9. The first-order chi connectivity index (χ1) is 11.6. The average molecular weight is 328 g/mol. The standard InChI is InChI=1S/C19H24N2O3/c1-11(22)12-4-6-13(7-5-12)16-9-8-15-17(23)14-3-2-10-20-18(14)24-19(15)21-16/h4-7,14-16,18-21H,2-3,8-10H2,1H3. The fourth-order valence-electron chi connectivity index (χ4n) is 4.26. The van der Waals surface area contributed by atoms with Gasteiger partial charge in [0.2, 0.25) is 0 Å². The number of piperidine rings is 2. The molecule has 3 aliphatic heterocycles. The Morgan fingerprint density at radius 2 is 1.83 bits per heavy atom. The van der Waals surface area contributed by atoms with Gasteiger partial charge in [0, 0.05) is 11.6 Å². The van der Waals surface area contributed by atoms with Gasteiger partial charge >= 0.3 is 0 Å². The van der Waals surface area contributed by atoms with E-state index in [0.29, 0.717) is 5.78 Å². The lowest BCUT2D eigenvalue weighted by Gasteiger charge is -2.47. The van der Waals surface area contributed by atoms with Gasteiger partial charge in [-0.3, -0.25) is 20.2 Å². The number of hydrogen-bond acceptors (Lipinski definition) is 5. The molecule has 3 saturated heterocycles. The smallest absolute Gasteiger partial charge is 0.159 e. The molecule has 2 N–H and O–H groups in total. The summed E-state index contributed by atoms with van der Waals surface area (Å²) in [4.78, 5) is 24.2. The lowest BCUT2D eigenvalue weighted by molar-refractivity contribution is -0.179. The van der Waals surface area contributed by atoms with Crippen molar-refractivity contribution in [1.82, 2.24) is 10.6 Å². The molecule has 5 nitrogen and oxygen atoms in total. The van der Waals surface area contributed by atoms with Crippen molar-refractivity contribution < 1.29 is 14.3 Å². The van der Waals surface area contributed by atoms with Gasteiger partial charge in [0.25, 0.3) is 0 Å². The van der Waals surface area contributed by atoms with E-state index >= 15 is 0 Å². The molecule has 0 aliphatic carbocycles. The lowest BCUT2D eigenvalue weighted by Crippen LogP contribution is -2.61. The topological polar surface area (TPSA) is 67.4 Å². The van der Waals surface area contributed by atoms with E-state index in [4.69, 9.17) is 4.74 Å². The molecule has 1 aromatic rings. The van der Waals surface area contributed by atoms with Gasteiger partial charge in [0.15, 0.2) is 5.78 Å². The number of hydrogen-bond donors (Lipinski definition) is 2. The minimum Gasteiger partial charge on any atom is -0.344 e. The maximum absolute atomic E-state index is 12.8. The first-order valence-electron chi connectivity index (χ1n) is 8.93. The Morgan fingerprint density at radius 1 is 1.08 bits per heavy atom. The molecule has 1 aromatic carbocycles. The van der Waals surface area contributed by atoms with E-state index in [1.54, 1.807) is 6.92 Å². The predicted molar refractivity (Wildman–Crippen MR) is 89.4 cm³/mol. The van der Waals surface area contributed by atoms with E-state index in [9.17, 15) is 9.59 Å². The number of Topliss-reactive ketones (excluding diaryl/α,β-unsaturated/α-hetero) is 2. The van der Waals surface area contributed by atoms with Gasteiger partial charge in [-0.25, -0.2) is 0 Å². The minimum absolute atomic E-state index is 0.0215. The van der Waals surface area contributed by atoms with Crippen molar-refractivity contribution in [3.8, 4) is 0 Å². The molecule has 5 atom stereocenters. The van der Waals surface area contributed by atoms with Crippen LogP contribution in [0.1, 0.15) is 54.6 Å². The number of ether oxygens (including phenoxy) is 1. The van der Waals surface area contributed by atoms with Crippen molar-refractivity contribution in [2.75, 3.05) is 6.54 Å². The van der Waals surface area contributed by atoms with Gasteiger partial charge in [0.1, 0.15) is 18.2 Å². The fourth-order valence-corrected chi connectivity index (χ4v) is 4.26. The summed E-state index contributed by atoms with van der Waals surface area (Å²) >= 11 is 0. The SMILES string of the molecule is CC(=O)c1ccc(C2CCC3C(=O)C4CCCNC4OC3N2)cc1. The number of ketones is 2. The van der Waals surface area contributed by atoms with Gasteiger partial charge < -0.3 is 4.74 Å². The van der Waals surface area contributed by atoms with E-state index in [2.05, 4.69) is 10.6 Å². The van der Waals surface area contributed by atoms with Crippen LogP contribution in [0.25, 0.3) is 0 Å². The maximum atomic E-state index is 12.8. The molecule has 128 valence electrons. The third-order valence-corrected chi connectivity index (χ3v) is 5.64. The van der Waals surface area contributed by atoms with Crippen LogP contribution < -0.4 is 10.6 Å². The number of rotatable bonds is 2. The molecular weight excluding hydrogens is 304 g/mol. The van der Waals surface area contributed by atoms with Crippen molar-refractivity contribution in [1.29, 1.82) is 0 Å². The van der Waals surface area contributed by atoms with E-state index in [1.807, 2.05) is 24.3 Å². The second-order valence-corrected chi connectivity index (χ2v) is 7.16. The fraction of sp³-hybridized carbons (Fsp3) is 0.579. The van der Waals surface area contributed by atoms with Gasteiger partial charge in [-0.1, -0.05) is 24.3 Å². The van der Waals surface area contributed by atoms with E-state index in [-0.39, 0.29) is 36.1 Å². The van der Waals surface area contributed by atoms with Crippen molar-refractivity contribution in [3.63, 3.8) is 0 Å². The highest BCUT2D eigenvalue weighted by Gasteiger charge is 2.47. The highest BCUT2D eigenvalue weighted by atomic mass is 16.5. The molecule has 3 aliphatic rings. The Balaban J connectivity index is 1.48. The van der Waals surface area contributed by atoms with Crippen LogP contribution in [0.15, 0.2) is 24.3 Å². The predicted octanol–water partition coefficient (Wildman–Crippen LogP) is 2.18. The number of carbonyl (C=O) groups excluding carboxylic acids is 2. The minimum atomic E-state index is -0.212. The second-order valence-electron chi connectivity index (χ2n) is 7.16. The molecule has 5 heteroatoms. The van der Waals surface area contributed by atoms with Crippen molar-refractivity contribution >= 4 is 11.6 Å². The van der Waals surface area contributed by atoms with E-state index in [0.717, 1.165) is 43.4 Å². The average Bonchev–Trinajstić information content (AvgIpc) is 2.61. The summed E-state index contributed by atoms with van der Waals surface area (Å²) in [6.45, 7) is 2.50. The Labute approximate surface area is 142 Å². The highest BCUT2D eigenvalue weighted by Crippen LogP contribution is 2.38. The van der Waals surface area contributed by atoms with Crippen molar-refractivity contribution in [2.24, 2.45) is 11.8 Å². The van der Waals surface area contributed by atoms with Crippen LogP contribution in [0, 0.1) is 11.8 Å². The van der Waals surface area contributed by atoms with E-state index < -0.39 is 0 Å². The number of fused-ring (bicyclic) bond motifs is 2. The zero-order chi connectivity index (χ0) is 16.7. The van der Waals surface area contributed by atoms with Crippen LogP contribution in [0.2, 0.25) is 0 Å². The molecule has 0 spiro atoms. The molecule has 0 radical (unpaired) electrons. The van der Waals surface area contributed by atoms with Crippen LogP contribution >= 0.6 is 0 Å². The monoisotopic (exact) mass is 328 g/mol. The molecule has 5 unspecified atom stereocenters. The van der Waals surface area contributed by atoms with Gasteiger partial charge in [0.05, 0.1) is 11.8 Å². The normalized spacial score (nSPS) is 35.9. The van der Waals surface area contributed by atoms with Crippen molar-refractivity contribution in [3.05, 3.63) is 35.4 Å². The van der Waals surface area contributed by atoms with Gasteiger partial charge in [-0.05, 0) is 44.7 Å². The van der Waals surface area contributed by atoms with Crippen LogP contribution in [0.5, 0.6) is 0 Å². The molecule has 4 rings (SSSR count). The highest BCUT2D eigenvalue weighted by molar-refractivity contribution is 5.94. The molecule has 3 fully saturated rings. The largest absolute Gasteiger partial charge is 0.344 e. The summed E-state index contributed by atoms with van der Waals surface area (Å²) in [5, 5.41) is 6.85. The Kier molecular flexibility index (Phi) is 4.24. The lowest BCUT2D eigenvalue weighted by atomic mass is 9.77. The molecule has 0 amide bonds. The molecule has 24 heavy (non-hydrogen) atoms. The number of carbonyl (C=O) groups is 2. The molecule has 0 saturated carbocycles. The van der Waals surface area contributed by atoms with Crippen LogP contribution in [-0.4, -0.2) is 30.6 Å². The quantitative estimate of drug-likeness (QED) is 0.815. The molecule has 3 heterocycles. The van der Waals surface area contributed by atoms with Crippen LogP contribution in [-0.2, 0) is 9.53 Å². The second kappa shape index (κ2) is 6.39. The third-order valence-electron chi connectivity index (χ3n) is 5.64. The summed E-state index contributed by atoms with van der Waals surface area (Å²) in [5.74, 6) is 0.433. The Bertz CT molecular complexity index is 643. The zero-order valence-corrected chi connectivity index (χ0v) is 14.0. The Hall–Kier alpha value is -1.56. The summed E-state index contributed by atoms with van der Waals surface area (Å²) < 4.78 is 6.18. The number of benzene rings is 1. The number of nitrogens with one attached hydrogen (secondary N) is 2. The summed E-state index contributed by atoms with van der Waals surface area (Å²) in [7, 11) is 0. The van der Waals surface area contributed by atoms with Gasteiger partial charge in [-0.15, -0.1) is 0 Å². The van der Waals surface area contributed by atoms with Crippen LogP contribution in [0.4, 0.5) is 0 Å². The van der Waals surface area contributed by atoms with Crippen LogP contribution in [0.3, 0.4) is 0 Å². The Morgan fingerprint density at radius 3 is 2.58 bits per heavy atom. The third kappa shape index (κ3) is 2.81. The van der Waals surface area contributed by atoms with Crippen molar-refractivity contribution in [2.45, 2.75) is 51.1 Å².